The van der Waals surface area contributed by atoms with Crippen LogP contribution < -0.4 is 10.9 Å². The molecule has 0 fully saturated rings. The van der Waals surface area contributed by atoms with Gasteiger partial charge in [0.05, 0.1) is 6.04 Å². The van der Waals surface area contributed by atoms with E-state index in [4.69, 9.17) is 0 Å². The quantitative estimate of drug-likeness (QED) is 0.800. The van der Waals surface area contributed by atoms with E-state index in [-0.39, 0.29) is 5.56 Å². The average molecular weight is 335 g/mol. The molecule has 3 aromatic rings. The van der Waals surface area contributed by atoms with E-state index in [0.717, 1.165) is 12.1 Å². The summed E-state index contributed by atoms with van der Waals surface area (Å²) in [5.41, 5.74) is -0.205. The second-order valence-corrected chi connectivity index (χ2v) is 5.77. The molecule has 1 N–H and O–H groups in total. The summed E-state index contributed by atoms with van der Waals surface area (Å²) in [6, 6.07) is 2.77. The Kier molecular flexibility index (Phi) is 3.91. The third kappa shape index (κ3) is 2.85. The maximum atomic E-state index is 13.3. The van der Waals surface area contributed by atoms with E-state index in [2.05, 4.69) is 10.3 Å². The zero-order valence-corrected chi connectivity index (χ0v) is 12.7. The molecule has 0 spiro atoms. The van der Waals surface area contributed by atoms with Crippen LogP contribution in [0.2, 0.25) is 0 Å². The molecule has 0 aliphatic rings. The Hall–Kier alpha value is -2.61. The smallest absolute Gasteiger partial charge is 0.271 e. The summed E-state index contributed by atoms with van der Waals surface area (Å²) in [5.74, 6) is -2.58. The number of hydrogen-bond acceptors (Lipinski definition) is 4. The van der Waals surface area contributed by atoms with E-state index in [1.165, 1.54) is 34.2 Å². The van der Waals surface area contributed by atoms with Gasteiger partial charge in [-0.3, -0.25) is 14.0 Å². The Morgan fingerprint density at radius 2 is 2.13 bits per heavy atom. The zero-order chi connectivity index (χ0) is 16.6. The van der Waals surface area contributed by atoms with Crippen LogP contribution in [0.1, 0.15) is 28.9 Å². The highest BCUT2D eigenvalue weighted by molar-refractivity contribution is 7.15. The maximum Gasteiger partial charge on any atom is 0.271 e. The molecule has 0 bridgehead atoms. The Morgan fingerprint density at radius 1 is 1.35 bits per heavy atom. The van der Waals surface area contributed by atoms with Crippen LogP contribution in [-0.2, 0) is 0 Å². The summed E-state index contributed by atoms with van der Waals surface area (Å²) in [6.45, 7) is 1.61. The predicted octanol–water partition coefficient (Wildman–Crippen LogP) is 2.53. The van der Waals surface area contributed by atoms with Crippen molar-refractivity contribution >= 4 is 22.2 Å². The SMILES string of the molecule is CC(NC(=O)c1cnc2sccn2c1=O)c1ccc(F)c(F)c1. The Bertz CT molecular complexity index is 951. The minimum atomic E-state index is -0.995. The molecule has 1 unspecified atom stereocenters. The van der Waals surface area contributed by atoms with Crippen LogP contribution in [-0.4, -0.2) is 15.3 Å². The molecular formula is C15H11F2N3O2S. The number of aromatic nitrogens is 2. The number of amides is 1. The Balaban J connectivity index is 1.86. The normalized spacial score (nSPS) is 12.3. The van der Waals surface area contributed by atoms with Crippen LogP contribution in [0, 0.1) is 11.6 Å². The number of hydrogen-bond donors (Lipinski definition) is 1. The van der Waals surface area contributed by atoms with Gasteiger partial charge >= 0.3 is 0 Å². The van der Waals surface area contributed by atoms with Gasteiger partial charge in [0.2, 0.25) is 0 Å². The number of thiazole rings is 1. The molecule has 0 saturated heterocycles. The van der Waals surface area contributed by atoms with Gasteiger partial charge in [-0.1, -0.05) is 6.07 Å². The summed E-state index contributed by atoms with van der Waals surface area (Å²) in [5, 5.41) is 4.27. The van der Waals surface area contributed by atoms with E-state index in [0.29, 0.717) is 10.5 Å². The molecule has 1 aromatic carbocycles. The van der Waals surface area contributed by atoms with Crippen molar-refractivity contribution in [1.29, 1.82) is 0 Å². The number of nitrogens with one attached hydrogen (secondary N) is 1. The van der Waals surface area contributed by atoms with Crippen LogP contribution in [0.15, 0.2) is 40.8 Å². The van der Waals surface area contributed by atoms with Crippen molar-refractivity contribution in [2.45, 2.75) is 13.0 Å². The van der Waals surface area contributed by atoms with Crippen molar-refractivity contribution in [3.63, 3.8) is 0 Å². The molecule has 8 heteroatoms. The van der Waals surface area contributed by atoms with Crippen LogP contribution in [0.4, 0.5) is 8.78 Å². The van der Waals surface area contributed by atoms with Crippen molar-refractivity contribution in [1.82, 2.24) is 14.7 Å². The second-order valence-electron chi connectivity index (χ2n) is 4.90. The van der Waals surface area contributed by atoms with Gasteiger partial charge < -0.3 is 5.32 Å². The first-order chi connectivity index (χ1) is 11.0. The highest BCUT2D eigenvalue weighted by atomic mass is 32.1. The summed E-state index contributed by atoms with van der Waals surface area (Å²) in [4.78, 5) is 29.0. The number of carbonyl (C=O) groups is 1. The molecule has 0 aliphatic heterocycles. The van der Waals surface area contributed by atoms with Crippen LogP contribution in [0.25, 0.3) is 4.96 Å². The zero-order valence-electron chi connectivity index (χ0n) is 11.9. The fourth-order valence-corrected chi connectivity index (χ4v) is 2.80. The van der Waals surface area contributed by atoms with E-state index in [9.17, 15) is 18.4 Å². The first kappa shape index (κ1) is 15.3. The van der Waals surface area contributed by atoms with Gasteiger partial charge in [0.15, 0.2) is 16.6 Å². The first-order valence-corrected chi connectivity index (χ1v) is 7.56. The predicted molar refractivity (Wildman–Crippen MR) is 81.6 cm³/mol. The number of carbonyl (C=O) groups excluding carboxylic acids is 1. The van der Waals surface area contributed by atoms with Gasteiger partial charge in [0, 0.05) is 17.8 Å². The number of rotatable bonds is 3. The summed E-state index contributed by atoms with van der Waals surface area (Å²) in [6.07, 6.45) is 2.74. The summed E-state index contributed by atoms with van der Waals surface area (Å²) in [7, 11) is 0. The van der Waals surface area contributed by atoms with Crippen molar-refractivity contribution in [2.24, 2.45) is 0 Å². The minimum Gasteiger partial charge on any atom is -0.345 e. The van der Waals surface area contributed by atoms with Crippen LogP contribution in [0.3, 0.4) is 0 Å². The lowest BCUT2D eigenvalue weighted by Gasteiger charge is -2.14. The van der Waals surface area contributed by atoms with E-state index in [1.807, 2.05) is 0 Å². The van der Waals surface area contributed by atoms with Crippen LogP contribution in [0.5, 0.6) is 0 Å². The third-order valence-corrected chi connectivity index (χ3v) is 4.15. The van der Waals surface area contributed by atoms with Crippen LogP contribution >= 0.6 is 11.3 Å². The molecule has 118 valence electrons. The van der Waals surface area contributed by atoms with Crippen molar-refractivity contribution in [3.8, 4) is 0 Å². The fraction of sp³-hybridized carbons (Fsp3) is 0.133. The molecule has 2 heterocycles. The second kappa shape index (κ2) is 5.88. The standard InChI is InChI=1S/C15H11F2N3O2S/c1-8(9-2-3-11(16)12(17)6-9)19-13(21)10-7-18-15-20(14(10)22)4-5-23-15/h2-8H,1H3,(H,19,21). The summed E-state index contributed by atoms with van der Waals surface area (Å²) >= 11 is 1.28. The maximum absolute atomic E-state index is 13.3. The van der Waals surface area contributed by atoms with Gasteiger partial charge in [-0.15, -0.1) is 11.3 Å². The minimum absolute atomic E-state index is 0.115. The lowest BCUT2D eigenvalue weighted by atomic mass is 10.1. The van der Waals surface area contributed by atoms with E-state index < -0.39 is 29.1 Å². The van der Waals surface area contributed by atoms with Crippen molar-refractivity contribution < 1.29 is 13.6 Å². The van der Waals surface area contributed by atoms with Gasteiger partial charge in [-0.2, -0.15) is 0 Å². The largest absolute Gasteiger partial charge is 0.345 e. The fourth-order valence-electron chi connectivity index (χ4n) is 2.12. The molecular weight excluding hydrogens is 324 g/mol. The molecule has 0 aliphatic carbocycles. The number of halogens is 2. The molecule has 2 aromatic heterocycles. The Morgan fingerprint density at radius 3 is 2.87 bits per heavy atom. The molecule has 5 nitrogen and oxygen atoms in total. The van der Waals surface area contributed by atoms with Gasteiger partial charge in [-0.05, 0) is 24.6 Å². The first-order valence-electron chi connectivity index (χ1n) is 6.68. The lowest BCUT2D eigenvalue weighted by molar-refractivity contribution is 0.0937. The highest BCUT2D eigenvalue weighted by Crippen LogP contribution is 2.16. The molecule has 1 amide bonds. The molecule has 1 atom stereocenters. The third-order valence-electron chi connectivity index (χ3n) is 3.38. The number of fused-ring (bicyclic) bond motifs is 1. The number of nitrogens with zero attached hydrogens (tertiary/aromatic N) is 2. The topological polar surface area (TPSA) is 63.5 Å². The lowest BCUT2D eigenvalue weighted by Crippen LogP contribution is -2.32. The van der Waals surface area contributed by atoms with Gasteiger partial charge in [-0.25, -0.2) is 13.8 Å². The summed E-state index contributed by atoms with van der Waals surface area (Å²) < 4.78 is 27.5. The van der Waals surface area contributed by atoms with Crippen molar-refractivity contribution in [3.05, 3.63) is 69.1 Å². The molecule has 0 saturated carbocycles. The van der Waals surface area contributed by atoms with Gasteiger partial charge in [0.25, 0.3) is 11.5 Å². The average Bonchev–Trinajstić information content (AvgIpc) is 2.99. The Labute approximate surface area is 133 Å². The molecule has 3 rings (SSSR count). The van der Waals surface area contributed by atoms with E-state index >= 15 is 0 Å². The van der Waals surface area contributed by atoms with Crippen molar-refractivity contribution in [2.75, 3.05) is 0 Å². The number of benzene rings is 1. The molecule has 23 heavy (non-hydrogen) atoms. The monoisotopic (exact) mass is 335 g/mol. The van der Waals surface area contributed by atoms with E-state index in [1.54, 1.807) is 12.3 Å². The molecule has 0 radical (unpaired) electrons. The highest BCUT2D eigenvalue weighted by Gasteiger charge is 2.17. The van der Waals surface area contributed by atoms with Gasteiger partial charge in [0.1, 0.15) is 5.56 Å².